The molecule has 22 heavy (non-hydrogen) atoms. The van der Waals surface area contributed by atoms with E-state index >= 15 is 0 Å². The molecule has 0 spiro atoms. The van der Waals surface area contributed by atoms with Gasteiger partial charge in [-0.1, -0.05) is 12.1 Å². The van der Waals surface area contributed by atoms with Crippen LogP contribution in [0.2, 0.25) is 0 Å². The number of rotatable bonds is 3. The van der Waals surface area contributed by atoms with Crippen LogP contribution in [-0.2, 0) is 14.3 Å². The number of nitrogens with two attached hydrogens (primary N) is 1. The summed E-state index contributed by atoms with van der Waals surface area (Å²) >= 11 is 0. The van der Waals surface area contributed by atoms with E-state index in [0.29, 0.717) is 11.5 Å². The Labute approximate surface area is 128 Å². The van der Waals surface area contributed by atoms with Crippen molar-refractivity contribution in [1.82, 2.24) is 0 Å². The molecular formula is C16H16N2O4. The molecule has 2 rings (SSSR count). The van der Waals surface area contributed by atoms with E-state index in [9.17, 15) is 10.1 Å². The summed E-state index contributed by atoms with van der Waals surface area (Å²) in [4.78, 5) is 12.1. The molecule has 0 aromatic heterocycles. The van der Waals surface area contributed by atoms with Gasteiger partial charge in [-0.3, -0.25) is 0 Å². The van der Waals surface area contributed by atoms with Crippen molar-refractivity contribution in [2.45, 2.75) is 12.8 Å². The monoisotopic (exact) mass is 300 g/mol. The molecule has 0 radical (unpaired) electrons. The minimum Gasteiger partial charge on any atom is -0.497 e. The predicted octanol–water partition coefficient (Wildman–Crippen LogP) is 1.95. The lowest BCUT2D eigenvalue weighted by Crippen LogP contribution is -2.25. The minimum absolute atomic E-state index is 0.00605. The molecule has 0 fully saturated rings. The van der Waals surface area contributed by atoms with Crippen molar-refractivity contribution in [3.63, 3.8) is 0 Å². The van der Waals surface area contributed by atoms with Crippen molar-refractivity contribution < 1.29 is 19.0 Å². The van der Waals surface area contributed by atoms with Crippen LogP contribution in [0, 0.1) is 11.3 Å². The second-order valence-electron chi connectivity index (χ2n) is 4.66. The fraction of sp³-hybridized carbons (Fsp3) is 0.250. The average molecular weight is 300 g/mol. The maximum absolute atomic E-state index is 12.1. The Morgan fingerprint density at radius 3 is 2.45 bits per heavy atom. The van der Waals surface area contributed by atoms with E-state index in [-0.39, 0.29) is 17.0 Å². The van der Waals surface area contributed by atoms with Crippen molar-refractivity contribution in [2.24, 2.45) is 5.73 Å². The molecule has 0 aliphatic carbocycles. The van der Waals surface area contributed by atoms with Crippen molar-refractivity contribution in [3.05, 3.63) is 52.6 Å². The number of ether oxygens (including phenoxy) is 3. The first kappa shape index (κ1) is 15.4. The van der Waals surface area contributed by atoms with Gasteiger partial charge in [-0.05, 0) is 24.6 Å². The van der Waals surface area contributed by atoms with Gasteiger partial charge in [-0.15, -0.1) is 0 Å². The number of benzene rings is 1. The van der Waals surface area contributed by atoms with Crippen LogP contribution in [-0.4, -0.2) is 20.2 Å². The summed E-state index contributed by atoms with van der Waals surface area (Å²) in [6.07, 6.45) is 0. The van der Waals surface area contributed by atoms with E-state index in [0.717, 1.165) is 5.56 Å². The minimum atomic E-state index is -0.628. The van der Waals surface area contributed by atoms with E-state index in [1.807, 2.05) is 6.07 Å². The molecule has 1 aliphatic heterocycles. The van der Waals surface area contributed by atoms with Crippen molar-refractivity contribution in [1.29, 1.82) is 5.26 Å². The maximum atomic E-state index is 12.1. The molecule has 0 amide bonds. The third-order valence-electron chi connectivity index (χ3n) is 3.46. The maximum Gasteiger partial charge on any atom is 0.338 e. The molecule has 1 aromatic carbocycles. The Morgan fingerprint density at radius 2 is 1.95 bits per heavy atom. The number of hydrogen-bond donors (Lipinski definition) is 1. The zero-order valence-corrected chi connectivity index (χ0v) is 12.5. The van der Waals surface area contributed by atoms with E-state index in [1.54, 1.807) is 38.3 Å². The summed E-state index contributed by atoms with van der Waals surface area (Å²) in [6, 6.07) is 9.06. The second-order valence-corrected chi connectivity index (χ2v) is 4.66. The number of nitriles is 1. The molecule has 6 nitrogen and oxygen atoms in total. The van der Waals surface area contributed by atoms with Gasteiger partial charge in [0, 0.05) is 0 Å². The molecule has 1 aliphatic rings. The Morgan fingerprint density at radius 1 is 1.32 bits per heavy atom. The van der Waals surface area contributed by atoms with Crippen LogP contribution in [0.15, 0.2) is 47.1 Å². The molecule has 0 saturated carbocycles. The van der Waals surface area contributed by atoms with Gasteiger partial charge in [0.15, 0.2) is 0 Å². The highest BCUT2D eigenvalue weighted by Crippen LogP contribution is 2.39. The van der Waals surface area contributed by atoms with Crippen LogP contribution in [0.3, 0.4) is 0 Å². The van der Waals surface area contributed by atoms with Gasteiger partial charge >= 0.3 is 5.97 Å². The highest BCUT2D eigenvalue weighted by molar-refractivity contribution is 5.92. The quantitative estimate of drug-likeness (QED) is 0.857. The van der Waals surface area contributed by atoms with E-state index < -0.39 is 11.9 Å². The van der Waals surface area contributed by atoms with Crippen LogP contribution in [0.1, 0.15) is 18.4 Å². The zero-order valence-electron chi connectivity index (χ0n) is 12.5. The Kier molecular flexibility index (Phi) is 4.37. The number of carbonyl (C=O) groups is 1. The third kappa shape index (κ3) is 2.61. The number of esters is 1. The van der Waals surface area contributed by atoms with Crippen molar-refractivity contribution in [3.8, 4) is 11.8 Å². The normalized spacial score (nSPS) is 17.6. The number of allylic oxidation sites excluding steroid dienone is 2. The largest absolute Gasteiger partial charge is 0.497 e. The lowest BCUT2D eigenvalue weighted by atomic mass is 9.83. The lowest BCUT2D eigenvalue weighted by molar-refractivity contribution is -0.136. The Hall–Kier alpha value is -2.94. The van der Waals surface area contributed by atoms with Crippen molar-refractivity contribution >= 4 is 5.97 Å². The third-order valence-corrected chi connectivity index (χ3v) is 3.46. The smallest absolute Gasteiger partial charge is 0.338 e. The van der Waals surface area contributed by atoms with E-state index in [4.69, 9.17) is 19.9 Å². The van der Waals surface area contributed by atoms with Crippen molar-refractivity contribution in [2.75, 3.05) is 14.2 Å². The van der Waals surface area contributed by atoms with Crippen LogP contribution in [0.4, 0.5) is 0 Å². The Bertz CT molecular complexity index is 696. The summed E-state index contributed by atoms with van der Waals surface area (Å²) in [5.74, 6) is -0.195. The van der Waals surface area contributed by atoms with Crippen LogP contribution >= 0.6 is 0 Å². The van der Waals surface area contributed by atoms with Crippen LogP contribution < -0.4 is 10.5 Å². The number of nitrogens with zero attached hydrogens (tertiary/aromatic N) is 1. The molecule has 2 N–H and O–H groups in total. The van der Waals surface area contributed by atoms with Gasteiger partial charge < -0.3 is 19.9 Å². The molecule has 0 unspecified atom stereocenters. The molecule has 1 heterocycles. The molecular weight excluding hydrogens is 284 g/mol. The summed E-state index contributed by atoms with van der Waals surface area (Å²) in [5.41, 5.74) is 6.96. The fourth-order valence-corrected chi connectivity index (χ4v) is 2.39. The van der Waals surface area contributed by atoms with Gasteiger partial charge in [0.1, 0.15) is 23.2 Å². The summed E-state index contributed by atoms with van der Waals surface area (Å²) in [5, 5.41) is 9.39. The van der Waals surface area contributed by atoms with Crippen LogP contribution in [0.25, 0.3) is 0 Å². The number of methoxy groups -OCH3 is 2. The summed E-state index contributed by atoms with van der Waals surface area (Å²) < 4.78 is 15.2. The highest BCUT2D eigenvalue weighted by Gasteiger charge is 2.35. The van der Waals surface area contributed by atoms with Gasteiger partial charge in [0.05, 0.1) is 25.7 Å². The number of carbonyl (C=O) groups excluding carboxylic acids is 1. The highest BCUT2D eigenvalue weighted by atomic mass is 16.5. The predicted molar refractivity (Wildman–Crippen MR) is 78.4 cm³/mol. The van der Waals surface area contributed by atoms with Crippen LogP contribution in [0.5, 0.6) is 5.75 Å². The van der Waals surface area contributed by atoms with Gasteiger partial charge in [-0.2, -0.15) is 5.26 Å². The zero-order chi connectivity index (χ0) is 16.3. The summed E-state index contributed by atoms with van der Waals surface area (Å²) in [6.45, 7) is 1.61. The first-order valence-corrected chi connectivity index (χ1v) is 6.54. The van der Waals surface area contributed by atoms with E-state index in [1.165, 1.54) is 7.11 Å². The molecule has 1 aromatic rings. The fourth-order valence-electron chi connectivity index (χ4n) is 2.39. The molecule has 114 valence electrons. The average Bonchev–Trinajstić information content (AvgIpc) is 2.53. The second kappa shape index (κ2) is 6.22. The SMILES string of the molecule is COC(=O)C1=C(C)OC(N)=C(C#N)[C@H]1c1ccc(OC)cc1. The molecule has 1 atom stereocenters. The van der Waals surface area contributed by atoms with E-state index in [2.05, 4.69) is 0 Å². The molecule has 0 saturated heterocycles. The van der Waals surface area contributed by atoms with Gasteiger partial charge in [-0.25, -0.2) is 4.79 Å². The standard InChI is InChI=1S/C16H16N2O4/c1-9-13(16(19)21-3)14(12(8-17)15(18)22-9)10-4-6-11(20-2)7-5-10/h4-7,14H,18H2,1-3H3/t14-/m1/s1. The first-order chi connectivity index (χ1) is 10.5. The van der Waals surface area contributed by atoms with Gasteiger partial charge in [0.2, 0.25) is 5.88 Å². The Balaban J connectivity index is 2.59. The molecule has 0 bridgehead atoms. The van der Waals surface area contributed by atoms with Gasteiger partial charge in [0.25, 0.3) is 0 Å². The topological polar surface area (TPSA) is 94.6 Å². The first-order valence-electron chi connectivity index (χ1n) is 6.54. The number of hydrogen-bond acceptors (Lipinski definition) is 6. The summed E-state index contributed by atoms with van der Waals surface area (Å²) in [7, 11) is 2.84. The lowest BCUT2D eigenvalue weighted by Gasteiger charge is -2.26. The molecule has 6 heteroatoms.